The highest BCUT2D eigenvalue weighted by Gasteiger charge is 2.11. The molecule has 0 aliphatic rings. The van der Waals surface area contributed by atoms with E-state index in [9.17, 15) is 4.79 Å². The molecule has 0 bridgehead atoms. The number of amides is 1. The van der Waals surface area contributed by atoms with Gasteiger partial charge in [-0.15, -0.1) is 18.3 Å². The predicted molar refractivity (Wildman–Crippen MR) is 97.5 cm³/mol. The van der Waals surface area contributed by atoms with Gasteiger partial charge in [0.25, 0.3) is 5.91 Å². The van der Waals surface area contributed by atoms with Gasteiger partial charge in [0.15, 0.2) is 0 Å². The fraction of sp³-hybridized carbons (Fsp3) is 0.105. The topological polar surface area (TPSA) is 38.3 Å². The van der Waals surface area contributed by atoms with Gasteiger partial charge in [-0.05, 0) is 36.4 Å². The van der Waals surface area contributed by atoms with Crippen LogP contribution in [-0.2, 0) is 0 Å². The van der Waals surface area contributed by atoms with E-state index in [1.54, 1.807) is 17.8 Å². The molecular formula is C19H19NO2S. The number of carbonyl (C=O) groups is 1. The molecule has 0 unspecified atom stereocenters. The number of benzene rings is 2. The number of anilines is 1. The van der Waals surface area contributed by atoms with Crippen LogP contribution in [0.5, 0.6) is 5.75 Å². The van der Waals surface area contributed by atoms with Gasteiger partial charge < -0.3 is 10.1 Å². The third-order valence-electron chi connectivity index (χ3n) is 2.97. The van der Waals surface area contributed by atoms with Crippen molar-refractivity contribution < 1.29 is 9.53 Å². The molecule has 1 N–H and O–H groups in total. The summed E-state index contributed by atoms with van der Waals surface area (Å²) in [6.07, 6.45) is 3.51. The average Bonchev–Trinajstić information content (AvgIpc) is 2.59. The van der Waals surface area contributed by atoms with E-state index in [0.29, 0.717) is 12.2 Å². The maximum atomic E-state index is 12.5. The van der Waals surface area contributed by atoms with Crippen LogP contribution in [0.3, 0.4) is 0 Å². The molecule has 0 saturated carbocycles. The lowest BCUT2D eigenvalue weighted by atomic mass is 10.2. The Morgan fingerprint density at radius 3 is 2.52 bits per heavy atom. The highest BCUT2D eigenvalue weighted by atomic mass is 32.2. The number of thioether (sulfide) groups is 1. The van der Waals surface area contributed by atoms with Gasteiger partial charge in [0, 0.05) is 16.3 Å². The van der Waals surface area contributed by atoms with E-state index < -0.39 is 0 Å². The van der Waals surface area contributed by atoms with Crippen LogP contribution >= 0.6 is 11.8 Å². The van der Waals surface area contributed by atoms with Crippen molar-refractivity contribution in [3.05, 3.63) is 79.4 Å². The Hall–Kier alpha value is -2.46. The Kier molecular flexibility index (Phi) is 6.51. The van der Waals surface area contributed by atoms with Crippen molar-refractivity contribution in [2.45, 2.75) is 4.90 Å². The molecule has 0 atom stereocenters. The van der Waals surface area contributed by atoms with Gasteiger partial charge in [-0.1, -0.05) is 30.9 Å². The van der Waals surface area contributed by atoms with Crippen LogP contribution in [0, 0.1) is 0 Å². The van der Waals surface area contributed by atoms with Crippen LogP contribution in [0.2, 0.25) is 0 Å². The van der Waals surface area contributed by atoms with Crippen molar-refractivity contribution in [3.63, 3.8) is 0 Å². The maximum Gasteiger partial charge on any atom is 0.256 e. The van der Waals surface area contributed by atoms with Crippen molar-refractivity contribution in [2.75, 3.05) is 17.7 Å². The van der Waals surface area contributed by atoms with Crippen LogP contribution in [0.1, 0.15) is 10.4 Å². The lowest BCUT2D eigenvalue weighted by molar-refractivity contribution is 0.102. The third-order valence-corrected chi connectivity index (χ3v) is 4.04. The molecule has 2 rings (SSSR count). The molecule has 0 radical (unpaired) electrons. The molecular weight excluding hydrogens is 306 g/mol. The zero-order valence-corrected chi connectivity index (χ0v) is 13.6. The molecule has 23 heavy (non-hydrogen) atoms. The van der Waals surface area contributed by atoms with E-state index in [4.69, 9.17) is 4.74 Å². The molecule has 0 aliphatic carbocycles. The number of ether oxygens (including phenoxy) is 1. The van der Waals surface area contributed by atoms with Gasteiger partial charge in [-0.25, -0.2) is 0 Å². The number of rotatable bonds is 8. The molecule has 1 amide bonds. The van der Waals surface area contributed by atoms with Crippen LogP contribution in [-0.4, -0.2) is 18.3 Å². The molecule has 0 fully saturated rings. The minimum absolute atomic E-state index is 0.128. The minimum atomic E-state index is -0.128. The summed E-state index contributed by atoms with van der Waals surface area (Å²) < 4.78 is 5.42. The second-order valence-corrected chi connectivity index (χ2v) is 5.74. The van der Waals surface area contributed by atoms with Crippen LogP contribution < -0.4 is 10.1 Å². The van der Waals surface area contributed by atoms with Crippen molar-refractivity contribution in [2.24, 2.45) is 0 Å². The Morgan fingerprint density at radius 2 is 1.83 bits per heavy atom. The zero-order valence-electron chi connectivity index (χ0n) is 12.8. The van der Waals surface area contributed by atoms with E-state index in [1.807, 2.05) is 54.6 Å². The molecule has 0 aliphatic heterocycles. The normalized spacial score (nSPS) is 9.91. The van der Waals surface area contributed by atoms with Gasteiger partial charge >= 0.3 is 0 Å². The monoisotopic (exact) mass is 325 g/mol. The predicted octanol–water partition coefficient (Wildman–Crippen LogP) is 4.78. The molecule has 2 aromatic rings. The first-order chi connectivity index (χ1) is 11.2. The van der Waals surface area contributed by atoms with Gasteiger partial charge in [0.05, 0.1) is 5.56 Å². The summed E-state index contributed by atoms with van der Waals surface area (Å²) in [6, 6.07) is 14.8. The number of hydrogen-bond acceptors (Lipinski definition) is 3. The average molecular weight is 325 g/mol. The molecule has 118 valence electrons. The fourth-order valence-electron chi connectivity index (χ4n) is 1.92. The Balaban J connectivity index is 2.06. The number of nitrogens with one attached hydrogen (secondary N) is 1. The SMILES string of the molecule is C=CCOc1ccc(NC(=O)c2ccccc2SCC=C)cc1. The largest absolute Gasteiger partial charge is 0.490 e. The number of hydrogen-bond donors (Lipinski definition) is 1. The third kappa shape index (κ3) is 5.04. The standard InChI is InChI=1S/C19H19NO2S/c1-3-13-22-16-11-9-15(10-12-16)20-19(21)17-7-5-6-8-18(17)23-14-4-2/h3-12H,1-2,13-14H2,(H,20,21). The second kappa shape index (κ2) is 8.86. The van der Waals surface area contributed by atoms with Crippen LogP contribution in [0.15, 0.2) is 78.7 Å². The van der Waals surface area contributed by atoms with E-state index in [-0.39, 0.29) is 5.91 Å². The first-order valence-corrected chi connectivity index (χ1v) is 8.21. The van der Waals surface area contributed by atoms with Crippen LogP contribution in [0.4, 0.5) is 5.69 Å². The highest BCUT2D eigenvalue weighted by molar-refractivity contribution is 7.99. The summed E-state index contributed by atoms with van der Waals surface area (Å²) in [4.78, 5) is 13.4. The van der Waals surface area contributed by atoms with Gasteiger partial charge in [-0.3, -0.25) is 4.79 Å². The number of carbonyl (C=O) groups excluding carboxylic acids is 1. The smallest absolute Gasteiger partial charge is 0.256 e. The Labute approximate surface area is 141 Å². The van der Waals surface area contributed by atoms with Gasteiger partial charge in [-0.2, -0.15) is 0 Å². The molecule has 3 nitrogen and oxygen atoms in total. The fourth-order valence-corrected chi connectivity index (χ4v) is 2.71. The maximum absolute atomic E-state index is 12.5. The lowest BCUT2D eigenvalue weighted by Crippen LogP contribution is -2.12. The van der Waals surface area contributed by atoms with Gasteiger partial charge in [0.2, 0.25) is 0 Å². The summed E-state index contributed by atoms with van der Waals surface area (Å²) in [5.74, 6) is 1.38. The molecule has 0 aromatic heterocycles. The summed E-state index contributed by atoms with van der Waals surface area (Å²) in [6.45, 7) is 7.77. The second-order valence-electron chi connectivity index (χ2n) is 4.67. The van der Waals surface area contributed by atoms with Crippen LogP contribution in [0.25, 0.3) is 0 Å². The van der Waals surface area contributed by atoms with E-state index in [0.717, 1.165) is 22.1 Å². The Morgan fingerprint density at radius 1 is 1.09 bits per heavy atom. The zero-order chi connectivity index (χ0) is 16.5. The summed E-state index contributed by atoms with van der Waals surface area (Å²) >= 11 is 1.59. The summed E-state index contributed by atoms with van der Waals surface area (Å²) in [7, 11) is 0. The van der Waals surface area contributed by atoms with E-state index >= 15 is 0 Å². The van der Waals surface area contributed by atoms with Crippen molar-refractivity contribution in [1.29, 1.82) is 0 Å². The molecule has 0 spiro atoms. The molecule has 4 heteroatoms. The first-order valence-electron chi connectivity index (χ1n) is 7.22. The van der Waals surface area contributed by atoms with Crippen molar-refractivity contribution >= 4 is 23.4 Å². The summed E-state index contributed by atoms with van der Waals surface area (Å²) in [5, 5.41) is 2.90. The highest BCUT2D eigenvalue weighted by Crippen LogP contribution is 2.24. The first kappa shape index (κ1) is 16.9. The van der Waals surface area contributed by atoms with E-state index in [2.05, 4.69) is 18.5 Å². The molecule has 0 heterocycles. The van der Waals surface area contributed by atoms with Crippen molar-refractivity contribution in [3.8, 4) is 5.75 Å². The van der Waals surface area contributed by atoms with Gasteiger partial charge in [0.1, 0.15) is 12.4 Å². The minimum Gasteiger partial charge on any atom is -0.490 e. The van der Waals surface area contributed by atoms with E-state index in [1.165, 1.54) is 0 Å². The summed E-state index contributed by atoms with van der Waals surface area (Å²) in [5.41, 5.74) is 1.39. The quantitative estimate of drug-likeness (QED) is 0.560. The molecule has 0 saturated heterocycles. The lowest BCUT2D eigenvalue weighted by Gasteiger charge is -2.10. The van der Waals surface area contributed by atoms with Crippen molar-refractivity contribution in [1.82, 2.24) is 0 Å². The molecule has 2 aromatic carbocycles. The Bertz CT molecular complexity index is 680.